The Morgan fingerprint density at radius 2 is 1.95 bits per heavy atom. The van der Waals surface area contributed by atoms with Crippen LogP contribution in [0.1, 0.15) is 39.2 Å². The fourth-order valence-corrected chi connectivity index (χ4v) is 1.87. The number of nitrogens with one attached hydrogen (secondary N) is 1. The number of rotatable bonds is 8. The fourth-order valence-electron chi connectivity index (χ4n) is 1.87. The molecule has 1 atom stereocenters. The first-order chi connectivity index (χ1) is 8.99. The normalized spacial score (nSPS) is 12.7. The Balaban J connectivity index is 2.18. The molecule has 3 heteroatoms. The molecule has 1 N–H and O–H groups in total. The first-order valence-corrected chi connectivity index (χ1v) is 7.11. The molecule has 108 valence electrons. The largest absolute Gasteiger partial charge is 0.492 e. The van der Waals surface area contributed by atoms with E-state index < -0.39 is 0 Å². The van der Waals surface area contributed by atoms with Gasteiger partial charge in [0.1, 0.15) is 18.2 Å². The molecule has 2 nitrogen and oxygen atoms in total. The van der Waals surface area contributed by atoms with Gasteiger partial charge in [-0.2, -0.15) is 0 Å². The number of ether oxygens (including phenoxy) is 1. The predicted molar refractivity (Wildman–Crippen MR) is 78.2 cm³/mol. The van der Waals surface area contributed by atoms with E-state index >= 15 is 0 Å². The van der Waals surface area contributed by atoms with E-state index in [1.54, 1.807) is 19.1 Å². The molecule has 0 aliphatic carbocycles. The Bertz CT molecular complexity index is 379. The number of hydrogen-bond donors (Lipinski definition) is 1. The van der Waals surface area contributed by atoms with Crippen molar-refractivity contribution in [3.8, 4) is 5.75 Å². The molecular weight excluding hydrogens is 241 g/mol. The van der Waals surface area contributed by atoms with E-state index in [2.05, 4.69) is 26.1 Å². The standard InChI is InChI=1S/C16H26FNO/c1-12(2)5-6-14(4)18-9-10-19-15-7-8-16(17)13(3)11-15/h7-8,11-12,14,18H,5-6,9-10H2,1-4H3. The van der Waals surface area contributed by atoms with E-state index in [1.165, 1.54) is 18.9 Å². The molecule has 0 bridgehead atoms. The third-order valence-electron chi connectivity index (χ3n) is 3.17. The van der Waals surface area contributed by atoms with E-state index in [4.69, 9.17) is 4.74 Å². The van der Waals surface area contributed by atoms with Crippen molar-refractivity contribution in [3.05, 3.63) is 29.6 Å². The van der Waals surface area contributed by atoms with Crippen LogP contribution in [0.3, 0.4) is 0 Å². The maximum atomic E-state index is 13.1. The Labute approximate surface area is 116 Å². The van der Waals surface area contributed by atoms with Gasteiger partial charge in [-0.1, -0.05) is 13.8 Å². The Hall–Kier alpha value is -1.09. The highest BCUT2D eigenvalue weighted by atomic mass is 19.1. The topological polar surface area (TPSA) is 21.3 Å². The van der Waals surface area contributed by atoms with Gasteiger partial charge in [0.05, 0.1) is 0 Å². The Morgan fingerprint density at radius 3 is 2.58 bits per heavy atom. The summed E-state index contributed by atoms with van der Waals surface area (Å²) in [6.45, 7) is 9.85. The minimum absolute atomic E-state index is 0.187. The molecule has 0 fully saturated rings. The van der Waals surface area contributed by atoms with Crippen LogP contribution in [0.2, 0.25) is 0 Å². The highest BCUT2D eigenvalue weighted by Crippen LogP contribution is 2.15. The number of benzene rings is 1. The molecule has 1 aromatic carbocycles. The van der Waals surface area contributed by atoms with Crippen molar-refractivity contribution in [1.82, 2.24) is 5.32 Å². The summed E-state index contributed by atoms with van der Waals surface area (Å²) in [7, 11) is 0. The first-order valence-electron chi connectivity index (χ1n) is 7.11. The fraction of sp³-hybridized carbons (Fsp3) is 0.625. The Kier molecular flexibility index (Phi) is 6.85. The summed E-state index contributed by atoms with van der Waals surface area (Å²) >= 11 is 0. The minimum Gasteiger partial charge on any atom is -0.492 e. The van der Waals surface area contributed by atoms with Gasteiger partial charge in [0, 0.05) is 12.6 Å². The van der Waals surface area contributed by atoms with Crippen molar-refractivity contribution in [1.29, 1.82) is 0 Å². The van der Waals surface area contributed by atoms with E-state index in [1.807, 2.05) is 0 Å². The van der Waals surface area contributed by atoms with Gasteiger partial charge >= 0.3 is 0 Å². The second-order valence-electron chi connectivity index (χ2n) is 5.59. The van der Waals surface area contributed by atoms with Crippen LogP contribution < -0.4 is 10.1 Å². The monoisotopic (exact) mass is 267 g/mol. The van der Waals surface area contributed by atoms with Gasteiger partial charge in [0.25, 0.3) is 0 Å². The Morgan fingerprint density at radius 1 is 1.21 bits per heavy atom. The molecule has 0 amide bonds. The number of aryl methyl sites for hydroxylation is 1. The molecule has 1 rings (SSSR count). The lowest BCUT2D eigenvalue weighted by molar-refractivity contribution is 0.302. The second-order valence-corrected chi connectivity index (χ2v) is 5.59. The maximum absolute atomic E-state index is 13.1. The summed E-state index contributed by atoms with van der Waals surface area (Å²) in [5.74, 6) is 1.30. The number of hydrogen-bond acceptors (Lipinski definition) is 2. The van der Waals surface area contributed by atoms with Gasteiger partial charge in [0.15, 0.2) is 0 Å². The van der Waals surface area contributed by atoms with Crippen LogP contribution in [0.5, 0.6) is 5.75 Å². The first kappa shape index (κ1) is 16.0. The molecule has 0 spiro atoms. The second kappa shape index (κ2) is 8.16. The van der Waals surface area contributed by atoms with Gasteiger partial charge in [-0.3, -0.25) is 0 Å². The van der Waals surface area contributed by atoms with Crippen LogP contribution >= 0.6 is 0 Å². The zero-order valence-corrected chi connectivity index (χ0v) is 12.5. The van der Waals surface area contributed by atoms with E-state index in [9.17, 15) is 4.39 Å². The van der Waals surface area contributed by atoms with Crippen molar-refractivity contribution in [3.63, 3.8) is 0 Å². The summed E-state index contributed by atoms with van der Waals surface area (Å²) < 4.78 is 18.7. The summed E-state index contributed by atoms with van der Waals surface area (Å²) in [6, 6.07) is 5.37. The van der Waals surface area contributed by atoms with Crippen molar-refractivity contribution in [2.24, 2.45) is 5.92 Å². The summed E-state index contributed by atoms with van der Waals surface area (Å²) in [4.78, 5) is 0. The average Bonchev–Trinajstić information content (AvgIpc) is 2.36. The zero-order chi connectivity index (χ0) is 14.3. The lowest BCUT2D eigenvalue weighted by atomic mass is 10.0. The van der Waals surface area contributed by atoms with Gasteiger partial charge in [-0.05, 0) is 56.4 Å². The van der Waals surface area contributed by atoms with Gasteiger partial charge in [-0.25, -0.2) is 4.39 Å². The third-order valence-corrected chi connectivity index (χ3v) is 3.17. The van der Waals surface area contributed by atoms with Gasteiger partial charge in [0.2, 0.25) is 0 Å². The molecule has 0 heterocycles. The molecule has 0 aliphatic heterocycles. The maximum Gasteiger partial charge on any atom is 0.126 e. The molecule has 0 radical (unpaired) electrons. The van der Waals surface area contributed by atoms with E-state index in [-0.39, 0.29) is 5.82 Å². The quantitative estimate of drug-likeness (QED) is 0.721. The molecule has 0 aliphatic rings. The summed E-state index contributed by atoms with van der Waals surface area (Å²) in [6.07, 6.45) is 2.43. The van der Waals surface area contributed by atoms with Crippen LogP contribution in [0.4, 0.5) is 4.39 Å². The molecule has 1 aromatic rings. The summed E-state index contributed by atoms with van der Waals surface area (Å²) in [5, 5.41) is 3.44. The molecule has 19 heavy (non-hydrogen) atoms. The zero-order valence-electron chi connectivity index (χ0n) is 12.5. The third kappa shape index (κ3) is 6.58. The molecular formula is C16H26FNO. The van der Waals surface area contributed by atoms with Crippen LogP contribution in [0, 0.1) is 18.7 Å². The van der Waals surface area contributed by atoms with Gasteiger partial charge < -0.3 is 10.1 Å². The van der Waals surface area contributed by atoms with Crippen LogP contribution in [0.25, 0.3) is 0 Å². The summed E-state index contributed by atoms with van der Waals surface area (Å²) in [5.41, 5.74) is 0.621. The lowest BCUT2D eigenvalue weighted by Crippen LogP contribution is -2.30. The van der Waals surface area contributed by atoms with Crippen molar-refractivity contribution < 1.29 is 9.13 Å². The van der Waals surface area contributed by atoms with E-state index in [0.29, 0.717) is 18.2 Å². The van der Waals surface area contributed by atoms with Gasteiger partial charge in [-0.15, -0.1) is 0 Å². The highest BCUT2D eigenvalue weighted by Gasteiger charge is 2.03. The van der Waals surface area contributed by atoms with Crippen molar-refractivity contribution >= 4 is 0 Å². The molecule has 0 aromatic heterocycles. The van der Waals surface area contributed by atoms with Crippen molar-refractivity contribution in [2.45, 2.75) is 46.6 Å². The van der Waals surface area contributed by atoms with Crippen molar-refractivity contribution in [2.75, 3.05) is 13.2 Å². The molecule has 0 saturated carbocycles. The molecule has 1 unspecified atom stereocenters. The molecule has 0 saturated heterocycles. The predicted octanol–water partition coefficient (Wildman–Crippen LogP) is 3.93. The smallest absolute Gasteiger partial charge is 0.126 e. The van der Waals surface area contributed by atoms with Crippen LogP contribution in [-0.2, 0) is 0 Å². The SMILES string of the molecule is Cc1cc(OCCNC(C)CCC(C)C)ccc1F. The number of halogens is 1. The average molecular weight is 267 g/mol. The minimum atomic E-state index is -0.187. The lowest BCUT2D eigenvalue weighted by Gasteiger charge is -2.15. The highest BCUT2D eigenvalue weighted by molar-refractivity contribution is 5.28. The van der Waals surface area contributed by atoms with E-state index in [0.717, 1.165) is 18.2 Å². The van der Waals surface area contributed by atoms with Crippen LogP contribution in [0.15, 0.2) is 18.2 Å². The van der Waals surface area contributed by atoms with Crippen LogP contribution in [-0.4, -0.2) is 19.2 Å².